The Morgan fingerprint density at radius 1 is 0.905 bits per heavy atom. The predicted molar refractivity (Wildman–Crippen MR) is 98.9 cm³/mol. The zero-order valence-electron chi connectivity index (χ0n) is 11.7. The molecule has 1 aliphatic rings. The van der Waals surface area contributed by atoms with Crippen LogP contribution < -0.4 is 0 Å². The van der Waals surface area contributed by atoms with E-state index in [0.29, 0.717) is 0 Å². The molecular formula is C16H14OS4. The van der Waals surface area contributed by atoms with Gasteiger partial charge >= 0.3 is 0 Å². The van der Waals surface area contributed by atoms with Crippen LogP contribution >= 0.6 is 46.2 Å². The molecule has 1 fully saturated rings. The number of ketones is 1. The van der Waals surface area contributed by atoms with Gasteiger partial charge in [0.15, 0.2) is 0 Å². The van der Waals surface area contributed by atoms with Gasteiger partial charge < -0.3 is 0 Å². The van der Waals surface area contributed by atoms with E-state index in [1.54, 1.807) is 46.2 Å². The lowest BCUT2D eigenvalue weighted by Gasteiger charge is -2.30. The molecule has 0 aromatic carbocycles. The summed E-state index contributed by atoms with van der Waals surface area (Å²) in [5.41, 5.74) is 0. The van der Waals surface area contributed by atoms with Crippen LogP contribution in [-0.2, 0) is 4.79 Å². The number of thioether (sulfide) groups is 2. The Morgan fingerprint density at radius 3 is 1.76 bits per heavy atom. The van der Waals surface area contributed by atoms with Crippen molar-refractivity contribution < 1.29 is 4.79 Å². The normalized spacial score (nSPS) is 22.1. The van der Waals surface area contributed by atoms with Crippen molar-refractivity contribution in [3.63, 3.8) is 0 Å². The van der Waals surface area contributed by atoms with E-state index in [-0.39, 0.29) is 9.86 Å². The van der Waals surface area contributed by atoms with E-state index in [4.69, 9.17) is 0 Å². The van der Waals surface area contributed by atoms with Crippen molar-refractivity contribution >= 4 is 64.1 Å². The van der Waals surface area contributed by atoms with Gasteiger partial charge in [-0.1, -0.05) is 12.1 Å². The van der Waals surface area contributed by atoms with Gasteiger partial charge in [-0.3, -0.25) is 4.79 Å². The first kappa shape index (κ1) is 15.2. The largest absolute Gasteiger partial charge is 0.287 e. The average molecular weight is 351 g/mol. The Balaban J connectivity index is 1.97. The van der Waals surface area contributed by atoms with Crippen molar-refractivity contribution in [2.24, 2.45) is 0 Å². The predicted octanol–water partition coefficient (Wildman–Crippen LogP) is 5.98. The molecule has 0 N–H and O–H groups in total. The van der Waals surface area contributed by atoms with Crippen molar-refractivity contribution in [1.82, 2.24) is 0 Å². The van der Waals surface area contributed by atoms with Crippen LogP contribution in [0.25, 0.3) is 12.2 Å². The molecule has 108 valence electrons. The monoisotopic (exact) mass is 350 g/mol. The maximum absolute atomic E-state index is 12.7. The smallest absolute Gasteiger partial charge is 0.205 e. The summed E-state index contributed by atoms with van der Waals surface area (Å²) >= 11 is 6.63. The molecule has 0 spiro atoms. The lowest BCUT2D eigenvalue weighted by Crippen LogP contribution is -2.20. The first-order chi connectivity index (χ1) is 10.0. The summed E-state index contributed by atoms with van der Waals surface area (Å²) in [4.78, 5) is 16.6. The lowest BCUT2D eigenvalue weighted by atomic mass is 10.2. The number of allylic oxidation sites excluding steroid dienone is 2. The average Bonchev–Trinajstić information content (AvgIpc) is 3.07. The highest BCUT2D eigenvalue weighted by Crippen LogP contribution is 2.52. The molecule has 0 radical (unpaired) electrons. The summed E-state index contributed by atoms with van der Waals surface area (Å²) in [7, 11) is 0. The van der Waals surface area contributed by atoms with E-state index in [0.717, 1.165) is 19.6 Å². The van der Waals surface area contributed by atoms with Crippen molar-refractivity contribution in [3.8, 4) is 0 Å². The zero-order chi connectivity index (χ0) is 14.9. The van der Waals surface area contributed by atoms with Gasteiger partial charge in [0.1, 0.15) is 0 Å². The summed E-state index contributed by atoms with van der Waals surface area (Å²) in [6, 6.07) is 8.11. The standard InChI is InChI=1S/C16H14OS4/c1-16(2)20-13(9-11-5-3-7-18-11)15(17)14(21-16)10-12-6-4-8-19-12/h3-10H,1-2H3/b13-9-,14-10+. The van der Waals surface area contributed by atoms with Crippen LogP contribution in [0.3, 0.4) is 0 Å². The zero-order valence-corrected chi connectivity index (χ0v) is 14.9. The second-order valence-electron chi connectivity index (χ2n) is 4.98. The molecule has 0 amide bonds. The topological polar surface area (TPSA) is 17.1 Å². The SMILES string of the molecule is CC1(C)S/C(=C\c2cccs2)C(=O)/C(=C\c2cccs2)S1. The Morgan fingerprint density at radius 2 is 1.38 bits per heavy atom. The Kier molecular flexibility index (Phi) is 4.45. The first-order valence-electron chi connectivity index (χ1n) is 6.47. The molecule has 3 rings (SSSR count). The van der Waals surface area contributed by atoms with E-state index in [2.05, 4.69) is 13.8 Å². The second-order valence-corrected chi connectivity index (χ2v) is 10.5. The summed E-state index contributed by atoms with van der Waals surface area (Å²) in [5.74, 6) is 0.145. The van der Waals surface area contributed by atoms with Crippen LogP contribution in [0.15, 0.2) is 44.8 Å². The molecule has 1 aliphatic heterocycles. The third-order valence-corrected chi connectivity index (χ3v) is 6.96. The fourth-order valence-corrected chi connectivity index (χ4v) is 6.03. The number of rotatable bonds is 2. The van der Waals surface area contributed by atoms with E-state index in [1.807, 2.05) is 47.2 Å². The Bertz CT molecular complexity index is 632. The third-order valence-electron chi connectivity index (χ3n) is 2.79. The quantitative estimate of drug-likeness (QED) is 0.620. The summed E-state index contributed by atoms with van der Waals surface area (Å²) in [6.07, 6.45) is 4.03. The molecule has 2 aromatic rings. The molecular weight excluding hydrogens is 336 g/mol. The number of thiophene rings is 2. The highest BCUT2D eigenvalue weighted by atomic mass is 32.2. The van der Waals surface area contributed by atoms with Crippen LogP contribution in [-0.4, -0.2) is 9.86 Å². The highest BCUT2D eigenvalue weighted by Gasteiger charge is 2.34. The van der Waals surface area contributed by atoms with Crippen LogP contribution in [0.2, 0.25) is 0 Å². The van der Waals surface area contributed by atoms with Gasteiger partial charge in [-0.2, -0.15) is 0 Å². The molecule has 0 aliphatic carbocycles. The van der Waals surface area contributed by atoms with Crippen LogP contribution in [0, 0.1) is 0 Å². The summed E-state index contributed by atoms with van der Waals surface area (Å²) < 4.78 is -0.0277. The van der Waals surface area contributed by atoms with E-state index in [9.17, 15) is 4.79 Å². The molecule has 0 saturated carbocycles. The number of carbonyl (C=O) groups is 1. The molecule has 1 saturated heterocycles. The summed E-state index contributed by atoms with van der Waals surface area (Å²) in [5, 5.41) is 4.07. The van der Waals surface area contributed by atoms with Crippen LogP contribution in [0.5, 0.6) is 0 Å². The molecule has 0 bridgehead atoms. The van der Waals surface area contributed by atoms with Gasteiger partial charge in [-0.05, 0) is 48.9 Å². The molecule has 5 heteroatoms. The molecule has 3 heterocycles. The van der Waals surface area contributed by atoms with Crippen molar-refractivity contribution in [1.29, 1.82) is 0 Å². The highest BCUT2D eigenvalue weighted by molar-refractivity contribution is 8.23. The van der Waals surface area contributed by atoms with Gasteiger partial charge in [0.25, 0.3) is 0 Å². The Hall–Kier alpha value is -0.750. The van der Waals surface area contributed by atoms with E-state index < -0.39 is 0 Å². The first-order valence-corrected chi connectivity index (χ1v) is 9.86. The van der Waals surface area contributed by atoms with Gasteiger partial charge in [-0.15, -0.1) is 46.2 Å². The van der Waals surface area contributed by atoms with Crippen molar-refractivity contribution in [2.75, 3.05) is 0 Å². The number of hydrogen-bond acceptors (Lipinski definition) is 5. The van der Waals surface area contributed by atoms with Gasteiger partial charge in [0.05, 0.1) is 13.9 Å². The van der Waals surface area contributed by atoms with Crippen molar-refractivity contribution in [3.05, 3.63) is 54.6 Å². The molecule has 0 unspecified atom stereocenters. The molecule has 1 nitrogen and oxygen atoms in total. The maximum atomic E-state index is 12.7. The van der Waals surface area contributed by atoms with E-state index >= 15 is 0 Å². The molecule has 0 atom stereocenters. The number of hydrogen-bond donors (Lipinski definition) is 0. The minimum atomic E-state index is -0.0277. The summed E-state index contributed by atoms with van der Waals surface area (Å²) in [6.45, 7) is 4.33. The molecule has 2 aromatic heterocycles. The lowest BCUT2D eigenvalue weighted by molar-refractivity contribution is -0.110. The van der Waals surface area contributed by atoms with Gasteiger partial charge in [-0.25, -0.2) is 0 Å². The minimum Gasteiger partial charge on any atom is -0.287 e. The minimum absolute atomic E-state index is 0.0277. The Labute approximate surface area is 141 Å². The molecule has 21 heavy (non-hydrogen) atoms. The van der Waals surface area contributed by atoms with Gasteiger partial charge in [0, 0.05) is 9.75 Å². The third kappa shape index (κ3) is 3.72. The van der Waals surface area contributed by atoms with Crippen LogP contribution in [0.1, 0.15) is 23.6 Å². The maximum Gasteiger partial charge on any atom is 0.205 e. The van der Waals surface area contributed by atoms with Gasteiger partial charge in [0.2, 0.25) is 5.78 Å². The van der Waals surface area contributed by atoms with Crippen molar-refractivity contribution in [2.45, 2.75) is 17.9 Å². The second kappa shape index (κ2) is 6.16. The fourth-order valence-electron chi connectivity index (χ4n) is 1.96. The number of Topliss-reactive ketones (excluding diaryl/α,β-unsaturated/α-hetero) is 1. The fraction of sp³-hybridized carbons (Fsp3) is 0.188. The van der Waals surface area contributed by atoms with Crippen LogP contribution in [0.4, 0.5) is 0 Å². The number of carbonyl (C=O) groups excluding carboxylic acids is 1. The van der Waals surface area contributed by atoms with E-state index in [1.165, 1.54) is 0 Å².